The lowest BCUT2D eigenvalue weighted by molar-refractivity contribution is 0.617. The van der Waals surface area contributed by atoms with Crippen LogP contribution in [0.5, 0.6) is 0 Å². The van der Waals surface area contributed by atoms with Gasteiger partial charge in [-0.15, -0.1) is 0 Å². The Kier molecular flexibility index (Phi) is 3.43. The van der Waals surface area contributed by atoms with Gasteiger partial charge in [-0.2, -0.15) is 5.10 Å². The summed E-state index contributed by atoms with van der Waals surface area (Å²) in [5.41, 5.74) is 2.30. The first-order valence-corrected chi connectivity index (χ1v) is 5.69. The Morgan fingerprint density at radius 1 is 1.44 bits per heavy atom. The molecule has 6 heteroatoms. The molecule has 0 aliphatic heterocycles. The van der Waals surface area contributed by atoms with E-state index in [9.17, 15) is 4.39 Å². The molecule has 0 radical (unpaired) electrons. The van der Waals surface area contributed by atoms with E-state index in [1.165, 1.54) is 6.20 Å². The highest BCUT2D eigenvalue weighted by Crippen LogP contribution is 2.22. The number of hydrogen-bond acceptors (Lipinski definition) is 3. The number of halogens is 2. The molecule has 0 saturated carbocycles. The smallest absolute Gasteiger partial charge is 0.170 e. The van der Waals surface area contributed by atoms with Crippen LogP contribution in [-0.4, -0.2) is 27.5 Å². The molecule has 2 rings (SSSR count). The topological polar surface area (TPSA) is 43.1 Å². The van der Waals surface area contributed by atoms with Crippen molar-refractivity contribution < 1.29 is 4.39 Å². The molecule has 94 valence electrons. The number of rotatable bonds is 2. The van der Waals surface area contributed by atoms with Gasteiger partial charge in [-0.3, -0.25) is 9.67 Å². The SMILES string of the molecule is C/N=C(/c1cnn(C)c1)c1c(C)cnc(Cl)c1F. The van der Waals surface area contributed by atoms with Gasteiger partial charge >= 0.3 is 0 Å². The lowest BCUT2D eigenvalue weighted by atomic mass is 10.0. The number of aromatic nitrogens is 3. The Bertz CT molecular complexity index is 619. The first-order chi connectivity index (χ1) is 8.54. The van der Waals surface area contributed by atoms with Crippen molar-refractivity contribution in [1.29, 1.82) is 0 Å². The van der Waals surface area contributed by atoms with Crippen LogP contribution in [0.1, 0.15) is 16.7 Å². The van der Waals surface area contributed by atoms with Gasteiger partial charge in [0.25, 0.3) is 0 Å². The third-order valence-corrected chi connectivity index (χ3v) is 2.87. The van der Waals surface area contributed by atoms with Crippen LogP contribution >= 0.6 is 11.6 Å². The Morgan fingerprint density at radius 3 is 2.72 bits per heavy atom. The van der Waals surface area contributed by atoms with Gasteiger partial charge < -0.3 is 0 Å². The molecule has 2 aromatic rings. The second kappa shape index (κ2) is 4.86. The van der Waals surface area contributed by atoms with Crippen LogP contribution < -0.4 is 0 Å². The molecular weight excluding hydrogens is 255 g/mol. The highest BCUT2D eigenvalue weighted by Gasteiger charge is 2.18. The highest BCUT2D eigenvalue weighted by molar-refractivity contribution is 6.30. The minimum Gasteiger partial charge on any atom is -0.287 e. The van der Waals surface area contributed by atoms with Crippen molar-refractivity contribution in [1.82, 2.24) is 14.8 Å². The van der Waals surface area contributed by atoms with Gasteiger partial charge in [0.15, 0.2) is 11.0 Å². The van der Waals surface area contributed by atoms with E-state index < -0.39 is 5.82 Å². The van der Waals surface area contributed by atoms with Crippen molar-refractivity contribution in [2.75, 3.05) is 7.05 Å². The Labute approximate surface area is 109 Å². The van der Waals surface area contributed by atoms with Crippen molar-refractivity contribution in [2.45, 2.75) is 6.92 Å². The van der Waals surface area contributed by atoms with Crippen LogP contribution in [-0.2, 0) is 7.05 Å². The highest BCUT2D eigenvalue weighted by atomic mass is 35.5. The van der Waals surface area contributed by atoms with Gasteiger partial charge in [-0.05, 0) is 12.5 Å². The molecule has 0 N–H and O–H groups in total. The van der Waals surface area contributed by atoms with Crippen molar-refractivity contribution in [3.8, 4) is 0 Å². The molecule has 0 aliphatic carbocycles. The van der Waals surface area contributed by atoms with E-state index in [0.717, 1.165) is 5.56 Å². The number of aryl methyl sites for hydroxylation is 2. The average Bonchev–Trinajstić information content (AvgIpc) is 2.76. The molecule has 0 bridgehead atoms. The summed E-state index contributed by atoms with van der Waals surface area (Å²) >= 11 is 5.72. The molecular formula is C12H12ClFN4. The predicted octanol–water partition coefficient (Wildman–Crippen LogP) is 2.38. The van der Waals surface area contributed by atoms with Crippen molar-refractivity contribution >= 4 is 17.3 Å². The molecule has 0 saturated heterocycles. The number of pyridine rings is 1. The minimum absolute atomic E-state index is 0.152. The third-order valence-electron chi connectivity index (χ3n) is 2.61. The Balaban J connectivity index is 2.63. The quantitative estimate of drug-likeness (QED) is 0.619. The Hall–Kier alpha value is -1.75. The number of aliphatic imine (C=N–C) groups is 1. The summed E-state index contributed by atoms with van der Waals surface area (Å²) in [6.07, 6.45) is 4.94. The third kappa shape index (κ3) is 2.13. The van der Waals surface area contributed by atoms with Gasteiger partial charge in [0.1, 0.15) is 0 Å². The molecule has 0 unspecified atom stereocenters. The zero-order valence-electron chi connectivity index (χ0n) is 10.3. The van der Waals surface area contributed by atoms with E-state index in [1.54, 1.807) is 38.1 Å². The lowest BCUT2D eigenvalue weighted by Crippen LogP contribution is -2.09. The van der Waals surface area contributed by atoms with E-state index in [-0.39, 0.29) is 5.15 Å². The zero-order valence-corrected chi connectivity index (χ0v) is 11.0. The molecule has 0 fully saturated rings. The van der Waals surface area contributed by atoms with Gasteiger partial charge in [-0.25, -0.2) is 9.37 Å². The van der Waals surface area contributed by atoms with Gasteiger partial charge in [0, 0.05) is 37.6 Å². The van der Waals surface area contributed by atoms with E-state index in [0.29, 0.717) is 16.8 Å². The first-order valence-electron chi connectivity index (χ1n) is 5.31. The summed E-state index contributed by atoms with van der Waals surface area (Å²) < 4.78 is 15.7. The summed E-state index contributed by atoms with van der Waals surface area (Å²) in [5.74, 6) is -0.555. The van der Waals surface area contributed by atoms with Crippen molar-refractivity contribution in [3.63, 3.8) is 0 Å². The van der Waals surface area contributed by atoms with Crippen LogP contribution in [0.3, 0.4) is 0 Å². The summed E-state index contributed by atoms with van der Waals surface area (Å²) in [6.45, 7) is 1.77. The van der Waals surface area contributed by atoms with Crippen LogP contribution in [0.25, 0.3) is 0 Å². The van der Waals surface area contributed by atoms with Gasteiger partial charge in [-0.1, -0.05) is 11.6 Å². The first kappa shape index (κ1) is 12.7. The monoisotopic (exact) mass is 266 g/mol. The van der Waals surface area contributed by atoms with Crippen LogP contribution in [0.4, 0.5) is 4.39 Å². The minimum atomic E-state index is -0.555. The normalized spacial score (nSPS) is 11.9. The summed E-state index contributed by atoms with van der Waals surface area (Å²) in [6, 6.07) is 0. The number of hydrogen-bond donors (Lipinski definition) is 0. The molecule has 0 spiro atoms. The molecule has 0 aliphatic rings. The van der Waals surface area contributed by atoms with E-state index >= 15 is 0 Å². The maximum atomic E-state index is 14.1. The maximum absolute atomic E-state index is 14.1. The van der Waals surface area contributed by atoms with Crippen LogP contribution in [0.2, 0.25) is 5.15 Å². The summed E-state index contributed by atoms with van der Waals surface area (Å²) in [7, 11) is 3.40. The Morgan fingerprint density at radius 2 is 2.17 bits per heavy atom. The van der Waals surface area contributed by atoms with Crippen molar-refractivity contribution in [3.05, 3.63) is 46.3 Å². The molecule has 18 heavy (non-hydrogen) atoms. The molecule has 2 heterocycles. The zero-order chi connectivity index (χ0) is 13.3. The standard InChI is InChI=1S/C12H12ClFN4/c1-7-4-16-12(13)10(14)9(7)11(15-2)8-5-17-18(3)6-8/h4-6H,1-3H3/b15-11-. The van der Waals surface area contributed by atoms with Gasteiger partial charge in [0.2, 0.25) is 0 Å². The van der Waals surface area contributed by atoms with E-state index in [4.69, 9.17) is 11.6 Å². The number of nitrogens with zero attached hydrogens (tertiary/aromatic N) is 4. The summed E-state index contributed by atoms with van der Waals surface area (Å²) in [5, 5.41) is 3.91. The van der Waals surface area contributed by atoms with Crippen LogP contribution in [0.15, 0.2) is 23.6 Å². The second-order valence-corrected chi connectivity index (χ2v) is 4.25. The molecule has 4 nitrogen and oxygen atoms in total. The lowest BCUT2D eigenvalue weighted by Gasteiger charge is -2.09. The fraction of sp³-hybridized carbons (Fsp3) is 0.250. The summed E-state index contributed by atoms with van der Waals surface area (Å²) in [4.78, 5) is 7.91. The average molecular weight is 267 g/mol. The van der Waals surface area contributed by atoms with E-state index in [2.05, 4.69) is 15.1 Å². The largest absolute Gasteiger partial charge is 0.287 e. The van der Waals surface area contributed by atoms with E-state index in [1.807, 2.05) is 0 Å². The molecule has 2 aromatic heterocycles. The molecule has 0 aromatic carbocycles. The molecule has 0 atom stereocenters. The van der Waals surface area contributed by atoms with Crippen molar-refractivity contribution in [2.24, 2.45) is 12.0 Å². The molecule has 0 amide bonds. The second-order valence-electron chi connectivity index (χ2n) is 3.90. The fourth-order valence-electron chi connectivity index (χ4n) is 1.77. The van der Waals surface area contributed by atoms with Gasteiger partial charge in [0.05, 0.1) is 11.9 Å². The maximum Gasteiger partial charge on any atom is 0.170 e. The fourth-order valence-corrected chi connectivity index (χ4v) is 1.91. The predicted molar refractivity (Wildman–Crippen MR) is 68.7 cm³/mol. The van der Waals surface area contributed by atoms with Crippen LogP contribution in [0, 0.1) is 12.7 Å².